The van der Waals surface area contributed by atoms with Gasteiger partial charge in [0.05, 0.1) is 0 Å². The van der Waals surface area contributed by atoms with E-state index in [9.17, 15) is 0 Å². The molecule has 0 radical (unpaired) electrons. The summed E-state index contributed by atoms with van der Waals surface area (Å²) in [7, 11) is 0. The fourth-order valence-electron chi connectivity index (χ4n) is 8.57. The van der Waals surface area contributed by atoms with Gasteiger partial charge in [-0.2, -0.15) is 0 Å². The Hall–Kier alpha value is -5.98. The molecule has 0 saturated carbocycles. The van der Waals surface area contributed by atoms with Crippen molar-refractivity contribution in [3.63, 3.8) is 0 Å². The number of benzene rings is 8. The van der Waals surface area contributed by atoms with Crippen LogP contribution in [-0.2, 0) is 12.8 Å². The highest BCUT2D eigenvalue weighted by Crippen LogP contribution is 2.45. The van der Waals surface area contributed by atoms with Gasteiger partial charge in [-0.1, -0.05) is 146 Å². The summed E-state index contributed by atoms with van der Waals surface area (Å²) in [6.45, 7) is 0. The number of aryl methyl sites for hydroxylation is 1. The van der Waals surface area contributed by atoms with Gasteiger partial charge in [-0.3, -0.25) is 0 Å². The molecule has 10 rings (SSSR count). The molecule has 0 heterocycles. The first-order chi connectivity index (χ1) is 24.8. The molecule has 0 heteroatoms. The summed E-state index contributed by atoms with van der Waals surface area (Å²) in [6.07, 6.45) is 11.5. The zero-order valence-corrected chi connectivity index (χ0v) is 28.0. The van der Waals surface area contributed by atoms with Crippen molar-refractivity contribution in [3.05, 3.63) is 192 Å². The third-order valence-corrected chi connectivity index (χ3v) is 11.0. The molecule has 50 heavy (non-hydrogen) atoms. The second-order valence-electron chi connectivity index (χ2n) is 13.9. The standard InChI is InChI=1S/C50H36/c1-2-13-35-31-42(28-23-33(35)11-1)50-47-20-7-5-18-45(47)49(46-19-6-8-21-48(46)50)41-16-9-15-36(32-41)37-24-25-39-30-40(27-26-38(39)29-37)44-22-10-14-34-12-3-4-17-43(34)44/h1-5,7-9,11-13,15-18,20-32H,6,10,14,19H2. The second kappa shape index (κ2) is 11.9. The molecule has 0 saturated heterocycles. The number of fused-ring (bicyclic) bond motifs is 5. The summed E-state index contributed by atoms with van der Waals surface area (Å²) >= 11 is 0. The molecule has 8 aromatic carbocycles. The van der Waals surface area contributed by atoms with E-state index in [1.807, 2.05) is 0 Å². The van der Waals surface area contributed by atoms with Crippen LogP contribution in [0.3, 0.4) is 0 Å². The number of allylic oxidation sites excluding steroid dienone is 2. The average molecular weight is 637 g/mol. The molecule has 0 N–H and O–H groups in total. The second-order valence-corrected chi connectivity index (χ2v) is 13.9. The minimum Gasteiger partial charge on any atom is -0.0836 e. The molecule has 0 atom stereocenters. The molecule has 0 unspecified atom stereocenters. The summed E-state index contributed by atoms with van der Waals surface area (Å²) in [6, 6.07) is 56.7. The number of rotatable bonds is 4. The Morgan fingerprint density at radius 2 is 1.02 bits per heavy atom. The van der Waals surface area contributed by atoms with Crippen molar-refractivity contribution in [2.24, 2.45) is 0 Å². The predicted molar refractivity (Wildman–Crippen MR) is 214 cm³/mol. The Labute approximate surface area is 293 Å². The van der Waals surface area contributed by atoms with E-state index < -0.39 is 0 Å². The Balaban J connectivity index is 1.08. The molecule has 0 bridgehead atoms. The minimum atomic E-state index is 1.04. The van der Waals surface area contributed by atoms with Crippen LogP contribution in [-0.4, -0.2) is 0 Å². The Bertz CT molecular complexity index is 2700. The summed E-state index contributed by atoms with van der Waals surface area (Å²) < 4.78 is 0. The molecule has 0 aliphatic heterocycles. The SMILES string of the molecule is C1=Cc2c(c(-c3cccc(-c4ccc5cc(C6=CCCc7ccccc76)ccc5c4)c3)c3ccccc3c2-c2ccc3ccccc3c2)CC1. The summed E-state index contributed by atoms with van der Waals surface area (Å²) in [4.78, 5) is 0. The van der Waals surface area contributed by atoms with E-state index in [1.165, 1.54) is 99.1 Å². The zero-order chi connectivity index (χ0) is 33.0. The van der Waals surface area contributed by atoms with E-state index in [0.717, 1.165) is 25.7 Å². The van der Waals surface area contributed by atoms with E-state index >= 15 is 0 Å². The molecule has 0 amide bonds. The van der Waals surface area contributed by atoms with Crippen LogP contribution in [0, 0.1) is 0 Å². The Morgan fingerprint density at radius 3 is 1.92 bits per heavy atom. The van der Waals surface area contributed by atoms with Crippen LogP contribution < -0.4 is 0 Å². The van der Waals surface area contributed by atoms with Crippen LogP contribution >= 0.6 is 0 Å². The highest BCUT2D eigenvalue weighted by molar-refractivity contribution is 6.11. The van der Waals surface area contributed by atoms with Gasteiger partial charge in [-0.05, 0) is 149 Å². The van der Waals surface area contributed by atoms with Crippen molar-refractivity contribution in [2.75, 3.05) is 0 Å². The lowest BCUT2D eigenvalue weighted by molar-refractivity contribution is 0.978. The lowest BCUT2D eigenvalue weighted by Crippen LogP contribution is -2.02. The van der Waals surface area contributed by atoms with Gasteiger partial charge >= 0.3 is 0 Å². The Morgan fingerprint density at radius 1 is 0.400 bits per heavy atom. The minimum absolute atomic E-state index is 1.04. The highest BCUT2D eigenvalue weighted by Gasteiger charge is 2.22. The molecule has 8 aromatic rings. The monoisotopic (exact) mass is 636 g/mol. The molecule has 0 fully saturated rings. The van der Waals surface area contributed by atoms with Gasteiger partial charge < -0.3 is 0 Å². The van der Waals surface area contributed by atoms with Crippen LogP contribution in [0.15, 0.2) is 164 Å². The normalized spacial score (nSPS) is 13.7. The fourth-order valence-corrected chi connectivity index (χ4v) is 8.57. The fraction of sp³-hybridized carbons (Fsp3) is 0.0800. The van der Waals surface area contributed by atoms with Gasteiger partial charge in [-0.25, -0.2) is 0 Å². The first-order valence-electron chi connectivity index (χ1n) is 18.0. The quantitative estimate of drug-likeness (QED) is 0.180. The van der Waals surface area contributed by atoms with Gasteiger partial charge in [0, 0.05) is 0 Å². The van der Waals surface area contributed by atoms with E-state index in [4.69, 9.17) is 0 Å². The molecule has 236 valence electrons. The van der Waals surface area contributed by atoms with Gasteiger partial charge in [0.25, 0.3) is 0 Å². The maximum atomic E-state index is 2.41. The molecule has 0 spiro atoms. The summed E-state index contributed by atoms with van der Waals surface area (Å²) in [5.74, 6) is 0. The molecule has 0 nitrogen and oxygen atoms in total. The maximum absolute atomic E-state index is 2.41. The molecule has 0 aromatic heterocycles. The van der Waals surface area contributed by atoms with Crippen molar-refractivity contribution in [1.82, 2.24) is 0 Å². The first-order valence-corrected chi connectivity index (χ1v) is 18.0. The smallest absolute Gasteiger partial charge is 0.00295 e. The largest absolute Gasteiger partial charge is 0.0836 e. The van der Waals surface area contributed by atoms with Crippen molar-refractivity contribution >= 4 is 44.0 Å². The molecular formula is C50H36. The Kier molecular flexibility index (Phi) is 6.88. The van der Waals surface area contributed by atoms with Crippen molar-refractivity contribution in [1.29, 1.82) is 0 Å². The lowest BCUT2D eigenvalue weighted by atomic mass is 9.79. The van der Waals surface area contributed by atoms with Gasteiger partial charge in [-0.15, -0.1) is 0 Å². The van der Waals surface area contributed by atoms with Crippen LogP contribution in [0.1, 0.15) is 40.7 Å². The molecule has 2 aliphatic carbocycles. The maximum Gasteiger partial charge on any atom is -0.00295 e. The van der Waals surface area contributed by atoms with Crippen molar-refractivity contribution in [2.45, 2.75) is 25.7 Å². The van der Waals surface area contributed by atoms with E-state index in [0.29, 0.717) is 0 Å². The zero-order valence-electron chi connectivity index (χ0n) is 28.0. The van der Waals surface area contributed by atoms with Crippen molar-refractivity contribution < 1.29 is 0 Å². The summed E-state index contributed by atoms with van der Waals surface area (Å²) in [5, 5.41) is 7.75. The molecular weight excluding hydrogens is 601 g/mol. The lowest BCUT2D eigenvalue weighted by Gasteiger charge is -2.24. The van der Waals surface area contributed by atoms with Crippen molar-refractivity contribution in [3.8, 4) is 33.4 Å². The van der Waals surface area contributed by atoms with Crippen LogP contribution in [0.4, 0.5) is 0 Å². The van der Waals surface area contributed by atoms with Gasteiger partial charge in [0.2, 0.25) is 0 Å². The van der Waals surface area contributed by atoms with E-state index in [-0.39, 0.29) is 0 Å². The van der Waals surface area contributed by atoms with Crippen LogP contribution in [0.5, 0.6) is 0 Å². The predicted octanol–water partition coefficient (Wildman–Crippen LogP) is 13.5. The topological polar surface area (TPSA) is 0 Å². The number of hydrogen-bond acceptors (Lipinski definition) is 0. The van der Waals surface area contributed by atoms with E-state index in [2.05, 4.69) is 170 Å². The first kappa shape index (κ1) is 29.0. The third kappa shape index (κ3) is 4.83. The highest BCUT2D eigenvalue weighted by atomic mass is 14.3. The summed E-state index contributed by atoms with van der Waals surface area (Å²) in [5.41, 5.74) is 16.1. The van der Waals surface area contributed by atoms with Gasteiger partial charge in [0.1, 0.15) is 0 Å². The van der Waals surface area contributed by atoms with Crippen LogP contribution in [0.25, 0.3) is 77.3 Å². The third-order valence-electron chi connectivity index (χ3n) is 11.0. The van der Waals surface area contributed by atoms with E-state index in [1.54, 1.807) is 0 Å². The number of hydrogen-bond donors (Lipinski definition) is 0. The van der Waals surface area contributed by atoms with Crippen LogP contribution in [0.2, 0.25) is 0 Å². The molecule has 2 aliphatic rings. The van der Waals surface area contributed by atoms with Gasteiger partial charge in [0.15, 0.2) is 0 Å². The average Bonchev–Trinajstić information content (AvgIpc) is 3.19.